The summed E-state index contributed by atoms with van der Waals surface area (Å²) in [7, 11) is 0. The summed E-state index contributed by atoms with van der Waals surface area (Å²) >= 11 is 0. The van der Waals surface area contributed by atoms with Crippen LogP contribution in [0.25, 0.3) is 0 Å². The summed E-state index contributed by atoms with van der Waals surface area (Å²) in [5.41, 5.74) is 2.42. The molecule has 0 N–H and O–H groups in total. The van der Waals surface area contributed by atoms with Gasteiger partial charge in [-0.05, 0) is 23.6 Å². The van der Waals surface area contributed by atoms with Gasteiger partial charge in [0, 0.05) is 38.6 Å². The Kier molecular flexibility index (Phi) is 6.54. The van der Waals surface area contributed by atoms with E-state index in [4.69, 9.17) is 4.74 Å². The molecule has 1 aliphatic heterocycles. The molecule has 2 aromatic rings. The fourth-order valence-corrected chi connectivity index (χ4v) is 3.00. The monoisotopic (exact) mass is 339 g/mol. The van der Waals surface area contributed by atoms with Gasteiger partial charge in [-0.3, -0.25) is 14.7 Å². The number of morpholine rings is 1. The third-order valence-electron chi connectivity index (χ3n) is 4.41. The Morgan fingerprint density at radius 1 is 1.08 bits per heavy atom. The van der Waals surface area contributed by atoms with Crippen molar-refractivity contribution in [2.24, 2.45) is 0 Å². The minimum absolute atomic E-state index is 0.181. The zero-order valence-electron chi connectivity index (χ0n) is 14.5. The number of carbonyl (C=O) groups is 1. The topological polar surface area (TPSA) is 45.7 Å². The van der Waals surface area contributed by atoms with Crippen molar-refractivity contribution in [2.75, 3.05) is 39.4 Å². The Labute approximate surface area is 149 Å². The molecule has 0 radical (unpaired) electrons. The van der Waals surface area contributed by atoms with Crippen LogP contribution in [-0.4, -0.2) is 60.1 Å². The van der Waals surface area contributed by atoms with Crippen molar-refractivity contribution in [3.63, 3.8) is 0 Å². The number of hydrogen-bond acceptors (Lipinski definition) is 4. The largest absolute Gasteiger partial charge is 0.378 e. The van der Waals surface area contributed by atoms with E-state index in [1.807, 2.05) is 23.2 Å². The minimum Gasteiger partial charge on any atom is -0.378 e. The van der Waals surface area contributed by atoms with Crippen LogP contribution >= 0.6 is 0 Å². The highest BCUT2D eigenvalue weighted by Gasteiger charge is 2.19. The third-order valence-corrected chi connectivity index (χ3v) is 4.41. The molecule has 5 heteroatoms. The van der Waals surface area contributed by atoms with Gasteiger partial charge in [0.2, 0.25) is 5.91 Å². The molecule has 1 saturated heterocycles. The molecule has 25 heavy (non-hydrogen) atoms. The molecule has 0 atom stereocenters. The van der Waals surface area contributed by atoms with E-state index in [-0.39, 0.29) is 5.91 Å². The number of rotatable bonds is 7. The number of pyridine rings is 1. The number of aromatic nitrogens is 1. The summed E-state index contributed by atoms with van der Waals surface area (Å²) < 4.78 is 5.34. The maximum Gasteiger partial charge on any atom is 0.236 e. The maximum absolute atomic E-state index is 12.6. The van der Waals surface area contributed by atoms with Crippen molar-refractivity contribution in [3.8, 4) is 0 Å². The van der Waals surface area contributed by atoms with Gasteiger partial charge in [0.05, 0.1) is 19.8 Å². The van der Waals surface area contributed by atoms with Crippen LogP contribution in [0.4, 0.5) is 0 Å². The number of amides is 1. The molecule has 0 spiro atoms. The van der Waals surface area contributed by atoms with Gasteiger partial charge < -0.3 is 9.64 Å². The molecule has 0 saturated carbocycles. The first-order chi connectivity index (χ1) is 12.3. The van der Waals surface area contributed by atoms with Crippen molar-refractivity contribution < 1.29 is 9.53 Å². The van der Waals surface area contributed by atoms with Gasteiger partial charge in [-0.1, -0.05) is 36.4 Å². The highest BCUT2D eigenvalue weighted by molar-refractivity contribution is 5.78. The molecular weight excluding hydrogens is 314 g/mol. The molecule has 2 heterocycles. The quantitative estimate of drug-likeness (QED) is 0.774. The smallest absolute Gasteiger partial charge is 0.236 e. The molecule has 0 aliphatic carbocycles. The summed E-state index contributed by atoms with van der Waals surface area (Å²) in [6.45, 7) is 4.67. The lowest BCUT2D eigenvalue weighted by Gasteiger charge is -2.30. The second-order valence-corrected chi connectivity index (χ2v) is 6.30. The molecule has 132 valence electrons. The minimum atomic E-state index is 0.181. The highest BCUT2D eigenvalue weighted by atomic mass is 16.5. The molecule has 5 nitrogen and oxygen atoms in total. The Balaban J connectivity index is 1.61. The molecule has 1 amide bonds. The van der Waals surface area contributed by atoms with Gasteiger partial charge in [0.15, 0.2) is 0 Å². The van der Waals surface area contributed by atoms with Gasteiger partial charge in [0.25, 0.3) is 0 Å². The van der Waals surface area contributed by atoms with E-state index in [0.29, 0.717) is 32.8 Å². The number of ether oxygens (including phenoxy) is 1. The lowest BCUT2D eigenvalue weighted by atomic mass is 10.1. The molecule has 3 rings (SSSR count). The second kappa shape index (κ2) is 9.30. The SMILES string of the molecule is O=C(CN(CCc1ccccc1)Cc1cccnc1)N1CCOCC1. The highest BCUT2D eigenvalue weighted by Crippen LogP contribution is 2.08. The average molecular weight is 339 g/mol. The summed E-state index contributed by atoms with van der Waals surface area (Å²) in [6, 6.07) is 14.4. The van der Waals surface area contributed by atoms with Crippen LogP contribution in [-0.2, 0) is 22.5 Å². The predicted octanol–water partition coefficient (Wildman–Crippen LogP) is 1.99. The van der Waals surface area contributed by atoms with Crippen LogP contribution in [0.2, 0.25) is 0 Å². The van der Waals surface area contributed by atoms with Crippen LogP contribution in [0, 0.1) is 0 Å². The van der Waals surface area contributed by atoms with Crippen molar-refractivity contribution in [3.05, 3.63) is 66.0 Å². The third kappa shape index (κ3) is 5.66. The van der Waals surface area contributed by atoms with E-state index in [9.17, 15) is 4.79 Å². The van der Waals surface area contributed by atoms with Crippen molar-refractivity contribution in [1.29, 1.82) is 0 Å². The van der Waals surface area contributed by atoms with Crippen LogP contribution in [0.15, 0.2) is 54.9 Å². The maximum atomic E-state index is 12.6. The molecule has 0 bridgehead atoms. The first kappa shape index (κ1) is 17.6. The summed E-state index contributed by atoms with van der Waals surface area (Å²) in [4.78, 5) is 20.9. The fourth-order valence-electron chi connectivity index (χ4n) is 3.00. The zero-order valence-corrected chi connectivity index (χ0v) is 14.5. The Hall–Kier alpha value is -2.24. The Morgan fingerprint density at radius 3 is 2.56 bits per heavy atom. The fraction of sp³-hybridized carbons (Fsp3) is 0.400. The number of hydrogen-bond donors (Lipinski definition) is 0. The van der Waals surface area contributed by atoms with Crippen LogP contribution in [0.3, 0.4) is 0 Å². The molecule has 1 aromatic carbocycles. The van der Waals surface area contributed by atoms with Crippen LogP contribution in [0.1, 0.15) is 11.1 Å². The summed E-state index contributed by atoms with van der Waals surface area (Å²) in [5, 5.41) is 0. The molecular formula is C20H25N3O2. The lowest BCUT2D eigenvalue weighted by molar-refractivity contribution is -0.136. The lowest BCUT2D eigenvalue weighted by Crippen LogP contribution is -2.46. The Morgan fingerprint density at radius 2 is 1.84 bits per heavy atom. The van der Waals surface area contributed by atoms with Crippen LogP contribution in [0.5, 0.6) is 0 Å². The molecule has 0 unspecified atom stereocenters. The van der Waals surface area contributed by atoms with Gasteiger partial charge >= 0.3 is 0 Å². The number of benzene rings is 1. The zero-order chi connectivity index (χ0) is 17.3. The number of nitrogens with zero attached hydrogens (tertiary/aromatic N) is 3. The van der Waals surface area contributed by atoms with Crippen LogP contribution < -0.4 is 0 Å². The standard InChI is InChI=1S/C20H25N3O2/c24-20(23-11-13-25-14-12-23)17-22(16-19-7-4-9-21-15-19)10-8-18-5-2-1-3-6-18/h1-7,9,15H,8,10-14,16-17H2. The summed E-state index contributed by atoms with van der Waals surface area (Å²) in [5.74, 6) is 0.181. The van der Waals surface area contributed by atoms with E-state index < -0.39 is 0 Å². The van der Waals surface area contributed by atoms with Crippen molar-refractivity contribution in [2.45, 2.75) is 13.0 Å². The Bertz CT molecular complexity index is 643. The van der Waals surface area contributed by atoms with E-state index in [2.05, 4.69) is 40.2 Å². The predicted molar refractivity (Wildman–Crippen MR) is 97.1 cm³/mol. The summed E-state index contributed by atoms with van der Waals surface area (Å²) in [6.07, 6.45) is 4.57. The van der Waals surface area contributed by atoms with Gasteiger partial charge in [0.1, 0.15) is 0 Å². The van der Waals surface area contributed by atoms with Gasteiger partial charge in [-0.25, -0.2) is 0 Å². The second-order valence-electron chi connectivity index (χ2n) is 6.30. The van der Waals surface area contributed by atoms with E-state index >= 15 is 0 Å². The molecule has 1 fully saturated rings. The van der Waals surface area contributed by atoms with E-state index in [0.717, 1.165) is 25.1 Å². The normalized spacial score (nSPS) is 14.7. The molecule has 1 aliphatic rings. The van der Waals surface area contributed by atoms with E-state index in [1.165, 1.54) is 5.56 Å². The van der Waals surface area contributed by atoms with Gasteiger partial charge in [-0.2, -0.15) is 0 Å². The van der Waals surface area contributed by atoms with Crippen molar-refractivity contribution in [1.82, 2.24) is 14.8 Å². The first-order valence-corrected chi connectivity index (χ1v) is 8.82. The van der Waals surface area contributed by atoms with Crippen molar-refractivity contribution >= 4 is 5.91 Å². The average Bonchev–Trinajstić information content (AvgIpc) is 2.68. The molecule has 1 aromatic heterocycles. The first-order valence-electron chi connectivity index (χ1n) is 8.82. The van der Waals surface area contributed by atoms with Gasteiger partial charge in [-0.15, -0.1) is 0 Å². The van der Waals surface area contributed by atoms with E-state index in [1.54, 1.807) is 6.20 Å². The number of carbonyl (C=O) groups excluding carboxylic acids is 1.